The van der Waals surface area contributed by atoms with Crippen molar-refractivity contribution in [3.8, 4) is 27.8 Å². The van der Waals surface area contributed by atoms with E-state index in [0.717, 1.165) is 11.1 Å². The van der Waals surface area contributed by atoms with Crippen LogP contribution in [-0.2, 0) is 13.2 Å². The van der Waals surface area contributed by atoms with Crippen molar-refractivity contribution in [2.24, 2.45) is 0 Å². The zero-order chi connectivity index (χ0) is 23.5. The summed E-state index contributed by atoms with van der Waals surface area (Å²) in [5.41, 5.74) is 2.40. The van der Waals surface area contributed by atoms with Crippen molar-refractivity contribution in [2.45, 2.75) is 13.2 Å². The SMILES string of the molecule is O=C(NCc1ccc2c(c1)OCO2)c1csc(-c2ccc(OCc3c(F)cccc3Cl)cc2)n1. The van der Waals surface area contributed by atoms with Crippen LogP contribution in [-0.4, -0.2) is 17.7 Å². The average Bonchev–Trinajstić information content (AvgIpc) is 3.52. The summed E-state index contributed by atoms with van der Waals surface area (Å²) in [5, 5.41) is 5.61. The van der Waals surface area contributed by atoms with Crippen molar-refractivity contribution in [2.75, 3.05) is 6.79 Å². The van der Waals surface area contributed by atoms with Crippen LogP contribution < -0.4 is 19.5 Å². The molecular formula is C25H18ClFN2O4S. The van der Waals surface area contributed by atoms with Crippen LogP contribution in [0.2, 0.25) is 5.02 Å². The number of aromatic nitrogens is 1. The molecule has 0 fully saturated rings. The van der Waals surface area contributed by atoms with Crippen molar-refractivity contribution >= 4 is 28.8 Å². The van der Waals surface area contributed by atoms with Gasteiger partial charge in [0.15, 0.2) is 11.5 Å². The zero-order valence-corrected chi connectivity index (χ0v) is 19.3. The van der Waals surface area contributed by atoms with Gasteiger partial charge in [-0.2, -0.15) is 0 Å². The molecule has 0 saturated heterocycles. The number of thiazole rings is 1. The largest absolute Gasteiger partial charge is 0.489 e. The van der Waals surface area contributed by atoms with E-state index < -0.39 is 5.82 Å². The lowest BCUT2D eigenvalue weighted by Gasteiger charge is -2.09. The predicted molar refractivity (Wildman–Crippen MR) is 127 cm³/mol. The van der Waals surface area contributed by atoms with Crippen LogP contribution in [0.25, 0.3) is 10.6 Å². The quantitative estimate of drug-likeness (QED) is 0.348. The first-order valence-corrected chi connectivity index (χ1v) is 11.6. The zero-order valence-electron chi connectivity index (χ0n) is 17.7. The molecule has 1 amide bonds. The van der Waals surface area contributed by atoms with E-state index >= 15 is 0 Å². The van der Waals surface area contributed by atoms with E-state index in [1.165, 1.54) is 17.4 Å². The molecule has 2 heterocycles. The predicted octanol–water partition coefficient (Wildman–Crippen LogP) is 5.84. The standard InChI is InChI=1S/C25H18ClFN2O4S/c26-19-2-1-3-20(27)18(19)12-31-17-7-5-16(6-8-17)25-29-21(13-34-25)24(30)28-11-15-4-9-22-23(10-15)33-14-32-22/h1-10,13H,11-12,14H2,(H,28,30). The maximum atomic E-state index is 13.9. The molecule has 0 spiro atoms. The molecule has 0 bridgehead atoms. The minimum Gasteiger partial charge on any atom is -0.489 e. The maximum absolute atomic E-state index is 13.9. The molecule has 0 unspecified atom stereocenters. The van der Waals surface area contributed by atoms with E-state index in [4.69, 9.17) is 25.8 Å². The van der Waals surface area contributed by atoms with Crippen LogP contribution in [0.1, 0.15) is 21.6 Å². The summed E-state index contributed by atoms with van der Waals surface area (Å²) in [7, 11) is 0. The number of hydrogen-bond acceptors (Lipinski definition) is 6. The fourth-order valence-electron chi connectivity index (χ4n) is 3.35. The van der Waals surface area contributed by atoms with Gasteiger partial charge in [-0.25, -0.2) is 9.37 Å². The lowest BCUT2D eigenvalue weighted by molar-refractivity contribution is 0.0946. The number of carbonyl (C=O) groups is 1. The highest BCUT2D eigenvalue weighted by molar-refractivity contribution is 7.13. The molecule has 0 radical (unpaired) electrons. The van der Waals surface area contributed by atoms with E-state index in [9.17, 15) is 9.18 Å². The van der Waals surface area contributed by atoms with Gasteiger partial charge >= 0.3 is 0 Å². The Labute approximate surface area is 203 Å². The maximum Gasteiger partial charge on any atom is 0.271 e. The minimum atomic E-state index is -0.406. The van der Waals surface area contributed by atoms with Gasteiger partial charge in [0, 0.05) is 23.1 Å². The molecule has 1 aliphatic heterocycles. The van der Waals surface area contributed by atoms with Gasteiger partial charge in [0.25, 0.3) is 5.91 Å². The highest BCUT2D eigenvalue weighted by atomic mass is 35.5. The lowest BCUT2D eigenvalue weighted by atomic mass is 10.2. The van der Waals surface area contributed by atoms with E-state index in [-0.39, 0.29) is 19.3 Å². The van der Waals surface area contributed by atoms with Crippen LogP contribution in [0, 0.1) is 5.82 Å². The lowest BCUT2D eigenvalue weighted by Crippen LogP contribution is -2.23. The van der Waals surface area contributed by atoms with E-state index in [2.05, 4.69) is 10.3 Å². The second kappa shape index (κ2) is 9.70. The summed E-state index contributed by atoms with van der Waals surface area (Å²) in [6.45, 7) is 0.579. The number of hydrogen-bond donors (Lipinski definition) is 1. The van der Waals surface area contributed by atoms with Crippen molar-refractivity contribution in [3.63, 3.8) is 0 Å². The van der Waals surface area contributed by atoms with Gasteiger partial charge < -0.3 is 19.5 Å². The fraction of sp³-hybridized carbons (Fsp3) is 0.120. The summed E-state index contributed by atoms with van der Waals surface area (Å²) in [6.07, 6.45) is 0. The monoisotopic (exact) mass is 496 g/mol. The van der Waals surface area contributed by atoms with Gasteiger partial charge in [0.1, 0.15) is 28.9 Å². The van der Waals surface area contributed by atoms with E-state index in [1.807, 2.05) is 30.3 Å². The third-order valence-corrected chi connectivity index (χ3v) is 6.42. The molecule has 1 N–H and O–H groups in total. The number of amides is 1. The first-order valence-electron chi connectivity index (χ1n) is 10.4. The van der Waals surface area contributed by atoms with Gasteiger partial charge in [0.2, 0.25) is 6.79 Å². The average molecular weight is 497 g/mol. The number of nitrogens with one attached hydrogen (secondary N) is 1. The highest BCUT2D eigenvalue weighted by Gasteiger charge is 2.15. The number of halogens is 2. The number of benzene rings is 3. The third kappa shape index (κ3) is 4.83. The molecular weight excluding hydrogens is 479 g/mol. The Balaban J connectivity index is 1.19. The first kappa shape index (κ1) is 22.2. The molecule has 0 atom stereocenters. The highest BCUT2D eigenvalue weighted by Crippen LogP contribution is 2.32. The summed E-state index contributed by atoms with van der Waals surface area (Å²) in [4.78, 5) is 17.0. The second-order valence-electron chi connectivity index (χ2n) is 7.42. The van der Waals surface area contributed by atoms with Gasteiger partial charge in [0.05, 0.1) is 5.02 Å². The third-order valence-electron chi connectivity index (χ3n) is 5.17. The Bertz CT molecular complexity index is 1320. The molecule has 3 aromatic carbocycles. The molecule has 172 valence electrons. The molecule has 6 nitrogen and oxygen atoms in total. The van der Waals surface area contributed by atoms with Crippen LogP contribution in [0.15, 0.2) is 66.0 Å². The van der Waals surface area contributed by atoms with Crippen LogP contribution in [0.3, 0.4) is 0 Å². The summed E-state index contributed by atoms with van der Waals surface area (Å²) >= 11 is 7.41. The van der Waals surface area contributed by atoms with Crippen molar-refractivity contribution in [3.05, 3.63) is 93.7 Å². The molecule has 34 heavy (non-hydrogen) atoms. The number of fused-ring (bicyclic) bond motifs is 1. The molecule has 0 saturated carbocycles. The number of rotatable bonds is 7. The Morgan fingerprint density at radius 2 is 1.94 bits per heavy atom. The topological polar surface area (TPSA) is 69.7 Å². The van der Waals surface area contributed by atoms with Gasteiger partial charge in [-0.15, -0.1) is 11.3 Å². The Kier molecular flexibility index (Phi) is 6.33. The molecule has 4 aromatic rings. The van der Waals surface area contributed by atoms with Crippen molar-refractivity contribution in [1.29, 1.82) is 0 Å². The van der Waals surface area contributed by atoms with Crippen molar-refractivity contribution < 1.29 is 23.4 Å². The van der Waals surface area contributed by atoms with Gasteiger partial charge in [-0.3, -0.25) is 4.79 Å². The molecule has 5 rings (SSSR count). The molecule has 0 aliphatic carbocycles. The number of ether oxygens (including phenoxy) is 3. The number of carbonyl (C=O) groups excluding carboxylic acids is 1. The van der Waals surface area contributed by atoms with Gasteiger partial charge in [-0.05, 0) is 54.1 Å². The molecule has 9 heteroatoms. The summed E-state index contributed by atoms with van der Waals surface area (Å²) in [6, 6.07) is 17.3. The van der Waals surface area contributed by atoms with Crippen LogP contribution in [0.4, 0.5) is 4.39 Å². The summed E-state index contributed by atoms with van der Waals surface area (Å²) in [5.74, 6) is 1.28. The van der Waals surface area contributed by atoms with Crippen LogP contribution in [0.5, 0.6) is 17.2 Å². The van der Waals surface area contributed by atoms with E-state index in [0.29, 0.717) is 45.1 Å². The Morgan fingerprint density at radius 3 is 2.76 bits per heavy atom. The Hall–Kier alpha value is -3.62. The minimum absolute atomic E-state index is 0.0236. The Morgan fingerprint density at radius 1 is 1.12 bits per heavy atom. The number of nitrogens with zero attached hydrogens (tertiary/aromatic N) is 1. The smallest absolute Gasteiger partial charge is 0.271 e. The molecule has 1 aliphatic rings. The normalized spacial score (nSPS) is 11.9. The fourth-order valence-corrected chi connectivity index (χ4v) is 4.38. The second-order valence-corrected chi connectivity index (χ2v) is 8.69. The first-order chi connectivity index (χ1) is 16.6. The molecule has 1 aromatic heterocycles. The summed E-state index contributed by atoms with van der Waals surface area (Å²) < 4.78 is 30.2. The van der Waals surface area contributed by atoms with Gasteiger partial charge in [-0.1, -0.05) is 23.7 Å². The van der Waals surface area contributed by atoms with E-state index in [1.54, 1.807) is 29.6 Å². The van der Waals surface area contributed by atoms with Crippen molar-refractivity contribution in [1.82, 2.24) is 10.3 Å². The van der Waals surface area contributed by atoms with Crippen LogP contribution >= 0.6 is 22.9 Å².